The Kier molecular flexibility index (Phi) is 4.95. The minimum absolute atomic E-state index is 0.139. The molecule has 0 aromatic heterocycles. The molecule has 0 saturated carbocycles. The molecule has 0 bridgehead atoms. The van der Waals surface area contributed by atoms with E-state index >= 15 is 0 Å². The molecule has 1 rings (SSSR count). The number of carboxylic acid groups (broad SMARTS) is 1. The predicted octanol–water partition coefficient (Wildman–Crippen LogP) is 1.72. The van der Waals surface area contributed by atoms with Crippen LogP contribution in [0.3, 0.4) is 0 Å². The molecule has 1 aromatic rings. The lowest BCUT2D eigenvalue weighted by molar-refractivity contribution is -0.384. The largest absolute Gasteiger partial charge is 0.480 e. The third kappa shape index (κ3) is 3.90. The van der Waals surface area contributed by atoms with E-state index < -0.39 is 40.2 Å². The zero-order valence-electron chi connectivity index (χ0n) is 10.4. The van der Waals surface area contributed by atoms with Gasteiger partial charge in [0.1, 0.15) is 11.9 Å². The molecule has 0 heterocycles. The monoisotopic (exact) mass is 285 g/mol. The van der Waals surface area contributed by atoms with Gasteiger partial charge in [-0.3, -0.25) is 10.1 Å². The lowest BCUT2D eigenvalue weighted by Crippen LogP contribution is -2.42. The molecule has 20 heavy (non-hydrogen) atoms. The quantitative estimate of drug-likeness (QED) is 0.561. The van der Waals surface area contributed by atoms with Crippen molar-refractivity contribution in [2.45, 2.75) is 19.4 Å². The highest BCUT2D eigenvalue weighted by Crippen LogP contribution is 2.21. The summed E-state index contributed by atoms with van der Waals surface area (Å²) in [4.78, 5) is 32.0. The van der Waals surface area contributed by atoms with Crippen LogP contribution in [0.25, 0.3) is 0 Å². The van der Waals surface area contributed by atoms with Crippen LogP contribution >= 0.6 is 0 Å². The van der Waals surface area contributed by atoms with Crippen LogP contribution < -0.4 is 10.6 Å². The number of carbonyl (C=O) groups is 2. The summed E-state index contributed by atoms with van der Waals surface area (Å²) in [5.74, 6) is -2.10. The van der Waals surface area contributed by atoms with Gasteiger partial charge in [-0.2, -0.15) is 0 Å². The number of hydrogen-bond donors (Lipinski definition) is 3. The maximum Gasteiger partial charge on any atom is 0.326 e. The fourth-order valence-electron chi connectivity index (χ4n) is 1.38. The van der Waals surface area contributed by atoms with Gasteiger partial charge in [-0.1, -0.05) is 6.92 Å². The number of nitrogens with one attached hydrogen (secondary N) is 2. The van der Waals surface area contributed by atoms with Gasteiger partial charge in [0, 0.05) is 12.1 Å². The molecule has 0 radical (unpaired) electrons. The molecule has 0 fully saturated rings. The molecule has 0 aliphatic heterocycles. The van der Waals surface area contributed by atoms with E-state index in [0.717, 1.165) is 18.2 Å². The van der Waals surface area contributed by atoms with Crippen LogP contribution in [0.4, 0.5) is 20.6 Å². The molecule has 0 spiro atoms. The molecule has 9 heteroatoms. The van der Waals surface area contributed by atoms with Gasteiger partial charge in [-0.25, -0.2) is 14.0 Å². The van der Waals surface area contributed by atoms with Gasteiger partial charge in [0.2, 0.25) is 0 Å². The molecule has 2 amide bonds. The summed E-state index contributed by atoms with van der Waals surface area (Å²) in [7, 11) is 0. The van der Waals surface area contributed by atoms with E-state index in [0.29, 0.717) is 0 Å². The molecular formula is C11H12FN3O5. The van der Waals surface area contributed by atoms with Crippen LogP contribution in [-0.2, 0) is 4.79 Å². The van der Waals surface area contributed by atoms with Gasteiger partial charge in [-0.15, -0.1) is 0 Å². The summed E-state index contributed by atoms with van der Waals surface area (Å²) in [6.45, 7) is 1.55. The zero-order chi connectivity index (χ0) is 15.3. The highest BCUT2D eigenvalue weighted by Gasteiger charge is 2.19. The Morgan fingerprint density at radius 2 is 2.15 bits per heavy atom. The maximum atomic E-state index is 13.4. The van der Waals surface area contributed by atoms with Gasteiger partial charge in [0.15, 0.2) is 0 Å². The Bertz CT molecular complexity index is 549. The van der Waals surface area contributed by atoms with Crippen molar-refractivity contribution in [3.63, 3.8) is 0 Å². The van der Waals surface area contributed by atoms with Gasteiger partial charge >= 0.3 is 12.0 Å². The van der Waals surface area contributed by atoms with Gasteiger partial charge in [-0.05, 0) is 12.5 Å². The van der Waals surface area contributed by atoms with Crippen LogP contribution in [0.2, 0.25) is 0 Å². The molecule has 0 aliphatic rings. The van der Waals surface area contributed by atoms with E-state index in [9.17, 15) is 24.1 Å². The summed E-state index contributed by atoms with van der Waals surface area (Å²) in [6, 6.07) is 0.541. The molecular weight excluding hydrogens is 273 g/mol. The standard InChI is InChI=1S/C11H12FN3O5/c1-2-8(10(16)17)13-11(18)14-9-5-6(15(19)20)3-4-7(9)12/h3-5,8H,2H2,1H3,(H,16,17)(H2,13,14,18)/t8-/m0/s1. The van der Waals surface area contributed by atoms with Crippen LogP contribution in [0.1, 0.15) is 13.3 Å². The minimum atomic E-state index is -1.23. The first-order valence-corrected chi connectivity index (χ1v) is 5.59. The number of carbonyl (C=O) groups excluding carboxylic acids is 1. The fourth-order valence-corrected chi connectivity index (χ4v) is 1.38. The van der Waals surface area contributed by atoms with Crippen LogP contribution in [-0.4, -0.2) is 28.1 Å². The third-order valence-electron chi connectivity index (χ3n) is 2.42. The minimum Gasteiger partial charge on any atom is -0.480 e. The number of nitro benzene ring substituents is 1. The smallest absolute Gasteiger partial charge is 0.326 e. The third-order valence-corrected chi connectivity index (χ3v) is 2.42. The second-order valence-corrected chi connectivity index (χ2v) is 3.82. The Hall–Kier alpha value is -2.71. The number of anilines is 1. The lowest BCUT2D eigenvalue weighted by Gasteiger charge is -2.13. The summed E-state index contributed by atoms with van der Waals surface area (Å²) in [5.41, 5.74) is -0.802. The summed E-state index contributed by atoms with van der Waals surface area (Å²) in [5, 5.41) is 23.4. The fraction of sp³-hybridized carbons (Fsp3) is 0.273. The van der Waals surface area contributed by atoms with E-state index in [1.54, 1.807) is 6.92 Å². The van der Waals surface area contributed by atoms with Crippen LogP contribution in [0, 0.1) is 15.9 Å². The summed E-state index contributed by atoms with van der Waals surface area (Å²) >= 11 is 0. The number of non-ortho nitro benzene ring substituents is 1. The Labute approximate surface area is 112 Å². The molecule has 0 saturated heterocycles. The predicted molar refractivity (Wildman–Crippen MR) is 66.9 cm³/mol. The summed E-state index contributed by atoms with van der Waals surface area (Å²) < 4.78 is 13.4. The number of aliphatic carboxylic acids is 1. The number of urea groups is 1. The number of hydrogen-bond acceptors (Lipinski definition) is 4. The molecule has 1 aromatic carbocycles. The molecule has 1 atom stereocenters. The molecule has 0 unspecified atom stereocenters. The zero-order valence-corrected chi connectivity index (χ0v) is 10.4. The maximum absolute atomic E-state index is 13.4. The number of amides is 2. The summed E-state index contributed by atoms with van der Waals surface area (Å²) in [6.07, 6.45) is 0.139. The number of carboxylic acids is 1. The normalized spacial score (nSPS) is 11.5. The van der Waals surface area contributed by atoms with E-state index in [-0.39, 0.29) is 6.42 Å². The van der Waals surface area contributed by atoms with E-state index in [1.807, 2.05) is 5.32 Å². The highest BCUT2D eigenvalue weighted by molar-refractivity contribution is 5.92. The second kappa shape index (κ2) is 6.45. The number of nitro groups is 1. The Morgan fingerprint density at radius 1 is 1.50 bits per heavy atom. The lowest BCUT2D eigenvalue weighted by atomic mass is 10.2. The topological polar surface area (TPSA) is 122 Å². The Morgan fingerprint density at radius 3 is 2.65 bits per heavy atom. The molecule has 3 N–H and O–H groups in total. The number of halogens is 1. The average molecular weight is 285 g/mol. The first-order valence-electron chi connectivity index (χ1n) is 5.59. The molecule has 108 valence electrons. The van der Waals surface area contributed by atoms with Crippen LogP contribution in [0.5, 0.6) is 0 Å². The number of benzene rings is 1. The van der Waals surface area contributed by atoms with Crippen molar-refractivity contribution in [1.82, 2.24) is 5.32 Å². The van der Waals surface area contributed by atoms with Crippen molar-refractivity contribution in [3.8, 4) is 0 Å². The van der Waals surface area contributed by atoms with Gasteiger partial charge in [0.05, 0.1) is 10.6 Å². The van der Waals surface area contributed by atoms with Crippen molar-refractivity contribution in [3.05, 3.63) is 34.1 Å². The van der Waals surface area contributed by atoms with Crippen LogP contribution in [0.15, 0.2) is 18.2 Å². The number of nitrogens with zero attached hydrogens (tertiary/aromatic N) is 1. The van der Waals surface area contributed by atoms with E-state index in [2.05, 4.69) is 5.32 Å². The highest BCUT2D eigenvalue weighted by atomic mass is 19.1. The average Bonchev–Trinajstić information content (AvgIpc) is 2.37. The molecule has 8 nitrogen and oxygen atoms in total. The van der Waals surface area contributed by atoms with E-state index in [1.165, 1.54) is 0 Å². The molecule has 0 aliphatic carbocycles. The second-order valence-electron chi connectivity index (χ2n) is 3.82. The van der Waals surface area contributed by atoms with Crippen molar-refractivity contribution in [1.29, 1.82) is 0 Å². The van der Waals surface area contributed by atoms with Crippen molar-refractivity contribution in [2.24, 2.45) is 0 Å². The first-order chi connectivity index (χ1) is 9.35. The van der Waals surface area contributed by atoms with Gasteiger partial charge < -0.3 is 15.7 Å². The first kappa shape index (κ1) is 15.3. The van der Waals surface area contributed by atoms with Gasteiger partial charge in [0.25, 0.3) is 5.69 Å². The van der Waals surface area contributed by atoms with E-state index in [4.69, 9.17) is 5.11 Å². The Balaban J connectivity index is 2.82. The SMILES string of the molecule is CC[C@H](NC(=O)Nc1cc([N+](=O)[O-])ccc1F)C(=O)O. The van der Waals surface area contributed by atoms with Crippen molar-refractivity contribution >= 4 is 23.4 Å². The van der Waals surface area contributed by atoms with Crippen molar-refractivity contribution < 1.29 is 24.0 Å². The van der Waals surface area contributed by atoms with Crippen molar-refractivity contribution in [2.75, 3.05) is 5.32 Å². The number of rotatable bonds is 5.